The van der Waals surface area contributed by atoms with Crippen molar-refractivity contribution >= 4 is 44.7 Å². The fourth-order valence-corrected chi connectivity index (χ4v) is 5.92. The molecule has 3 heterocycles. The lowest BCUT2D eigenvalue weighted by molar-refractivity contribution is -0.0949. The number of rotatable bonds is 3. The number of hydrogen-bond donors (Lipinski definition) is 2. The number of nitrogens with one attached hydrogen (secondary N) is 1. The van der Waals surface area contributed by atoms with Crippen LogP contribution in [0.25, 0.3) is 6.08 Å². The number of nitrogens with zero attached hydrogens (tertiary/aromatic N) is 2. The highest BCUT2D eigenvalue weighted by atomic mass is 79.9. The average molecular weight is 550 g/mol. The van der Waals surface area contributed by atoms with Gasteiger partial charge in [0.2, 0.25) is 0 Å². The van der Waals surface area contributed by atoms with Crippen molar-refractivity contribution < 1.29 is 19.4 Å². The molecule has 2 N–H and O–H groups in total. The Labute approximate surface area is 214 Å². The van der Waals surface area contributed by atoms with E-state index >= 15 is 0 Å². The Kier molecular flexibility index (Phi) is 5.26. The number of benzene rings is 3. The lowest BCUT2D eigenvalue weighted by Gasteiger charge is -2.45. The fraction of sp³-hybridized carbons (Fsp3) is 0.154. The second-order valence-electron chi connectivity index (χ2n) is 8.36. The molecule has 1 spiro atoms. The SMILES string of the molecule is COc1cc(/C=C2\SC(=O)NC23Oc2ccc(Br)cc2C2CC(c4ccccc4)=NN23)ccc1O. The zero-order chi connectivity index (χ0) is 24.2. The van der Waals surface area contributed by atoms with Gasteiger partial charge < -0.3 is 14.6 Å². The standard InChI is InChI=1S/C26H20BrN3O4S/c1-33-23-11-15(7-9-21(23)31)12-24-26(28-25(32)35-24)30-20(18-13-17(27)8-10-22(18)34-26)14-19(29-30)16-5-3-2-4-6-16/h2-13,20,31H,14H2,1H3,(H,28,32)/b24-12-. The first kappa shape index (κ1) is 22.1. The predicted molar refractivity (Wildman–Crippen MR) is 138 cm³/mol. The van der Waals surface area contributed by atoms with Crippen LogP contribution in [0.3, 0.4) is 0 Å². The molecule has 7 nitrogen and oxygen atoms in total. The van der Waals surface area contributed by atoms with Crippen LogP contribution in [0, 0.1) is 0 Å². The van der Waals surface area contributed by atoms with E-state index < -0.39 is 5.85 Å². The lowest BCUT2D eigenvalue weighted by Crippen LogP contribution is -2.61. The van der Waals surface area contributed by atoms with Gasteiger partial charge in [-0.05, 0) is 59.3 Å². The Morgan fingerprint density at radius 2 is 2.06 bits per heavy atom. The minimum absolute atomic E-state index is 0.0442. The summed E-state index contributed by atoms with van der Waals surface area (Å²) in [6, 6.07) is 20.8. The highest BCUT2D eigenvalue weighted by Gasteiger charge is 2.58. The molecule has 0 aromatic heterocycles. The molecule has 0 aliphatic carbocycles. The topological polar surface area (TPSA) is 83.4 Å². The first-order valence-electron chi connectivity index (χ1n) is 11.0. The fourth-order valence-electron chi connectivity index (χ4n) is 4.63. The number of phenolic OH excluding ortho intramolecular Hbond substituents is 1. The van der Waals surface area contributed by atoms with Gasteiger partial charge >= 0.3 is 5.85 Å². The third kappa shape index (κ3) is 3.66. The summed E-state index contributed by atoms with van der Waals surface area (Å²) >= 11 is 4.65. The monoisotopic (exact) mass is 549 g/mol. The van der Waals surface area contributed by atoms with E-state index in [0.717, 1.165) is 38.6 Å². The summed E-state index contributed by atoms with van der Waals surface area (Å²) in [6.07, 6.45) is 2.53. The summed E-state index contributed by atoms with van der Waals surface area (Å²) in [7, 11) is 1.50. The Morgan fingerprint density at radius 1 is 1.23 bits per heavy atom. The lowest BCUT2D eigenvalue weighted by atomic mass is 9.95. The summed E-state index contributed by atoms with van der Waals surface area (Å²) in [5.74, 6) is -0.216. The van der Waals surface area contributed by atoms with Gasteiger partial charge in [0.25, 0.3) is 5.24 Å². The van der Waals surface area contributed by atoms with Gasteiger partial charge in [-0.2, -0.15) is 5.10 Å². The second kappa shape index (κ2) is 8.35. The highest BCUT2D eigenvalue weighted by molar-refractivity contribution is 9.10. The molecule has 3 aliphatic rings. The Morgan fingerprint density at radius 3 is 2.86 bits per heavy atom. The van der Waals surface area contributed by atoms with Crippen LogP contribution in [-0.4, -0.2) is 34.0 Å². The zero-order valence-corrected chi connectivity index (χ0v) is 21.0. The molecule has 6 rings (SSSR count). The maximum atomic E-state index is 12.8. The van der Waals surface area contributed by atoms with Crippen molar-refractivity contribution in [1.29, 1.82) is 0 Å². The van der Waals surface area contributed by atoms with Gasteiger partial charge in [-0.25, -0.2) is 5.01 Å². The number of hydrogen-bond acceptors (Lipinski definition) is 7. The highest BCUT2D eigenvalue weighted by Crippen LogP contribution is 2.53. The van der Waals surface area contributed by atoms with Gasteiger partial charge in [-0.3, -0.25) is 10.1 Å². The minimum Gasteiger partial charge on any atom is -0.504 e. The van der Waals surface area contributed by atoms with E-state index in [-0.39, 0.29) is 17.0 Å². The van der Waals surface area contributed by atoms with Crippen molar-refractivity contribution in [3.8, 4) is 17.2 Å². The number of phenols is 1. The van der Waals surface area contributed by atoms with Crippen LogP contribution in [0.5, 0.6) is 17.2 Å². The molecule has 2 atom stereocenters. The Hall–Kier alpha value is -3.43. The molecular weight excluding hydrogens is 530 g/mol. The number of carbonyl (C=O) groups is 1. The number of ether oxygens (including phenoxy) is 2. The van der Waals surface area contributed by atoms with Crippen molar-refractivity contribution in [2.24, 2.45) is 5.10 Å². The largest absolute Gasteiger partial charge is 0.504 e. The summed E-state index contributed by atoms with van der Waals surface area (Å²) in [6.45, 7) is 0. The Bertz CT molecular complexity index is 1410. The molecule has 1 amide bonds. The molecule has 3 aromatic rings. The molecule has 176 valence electrons. The number of fused-ring (bicyclic) bond motifs is 4. The molecule has 1 saturated heterocycles. The second-order valence-corrected chi connectivity index (χ2v) is 10.3. The molecule has 35 heavy (non-hydrogen) atoms. The van der Waals surface area contributed by atoms with Crippen molar-refractivity contribution in [3.05, 3.63) is 92.8 Å². The number of hydrazone groups is 1. The minimum atomic E-state index is -1.30. The van der Waals surface area contributed by atoms with E-state index in [2.05, 4.69) is 21.2 Å². The van der Waals surface area contributed by atoms with Crippen LogP contribution >= 0.6 is 27.7 Å². The van der Waals surface area contributed by atoms with Crippen molar-refractivity contribution in [2.75, 3.05) is 7.11 Å². The summed E-state index contributed by atoms with van der Waals surface area (Å²) < 4.78 is 12.8. The van der Waals surface area contributed by atoms with Gasteiger partial charge in [0, 0.05) is 16.5 Å². The average Bonchev–Trinajstić information content (AvgIpc) is 3.44. The zero-order valence-electron chi connectivity index (χ0n) is 18.6. The molecule has 3 aromatic carbocycles. The summed E-state index contributed by atoms with van der Waals surface area (Å²) in [5.41, 5.74) is 3.70. The van der Waals surface area contributed by atoms with Crippen molar-refractivity contribution in [1.82, 2.24) is 10.3 Å². The van der Waals surface area contributed by atoms with Gasteiger partial charge in [0.1, 0.15) is 5.75 Å². The summed E-state index contributed by atoms with van der Waals surface area (Å²) in [4.78, 5) is 13.4. The van der Waals surface area contributed by atoms with E-state index in [1.807, 2.05) is 59.6 Å². The number of methoxy groups -OCH3 is 1. The predicted octanol–water partition coefficient (Wildman–Crippen LogP) is 5.86. The molecule has 1 fully saturated rings. The van der Waals surface area contributed by atoms with Crippen molar-refractivity contribution in [2.45, 2.75) is 18.3 Å². The van der Waals surface area contributed by atoms with Crippen LogP contribution < -0.4 is 14.8 Å². The maximum absolute atomic E-state index is 12.8. The van der Waals surface area contributed by atoms with E-state index in [9.17, 15) is 9.90 Å². The molecule has 0 radical (unpaired) electrons. The molecule has 0 bridgehead atoms. The molecule has 9 heteroatoms. The van der Waals surface area contributed by atoms with Crippen LogP contribution in [0.2, 0.25) is 0 Å². The first-order chi connectivity index (χ1) is 17.0. The number of thioether (sulfide) groups is 1. The van der Waals surface area contributed by atoms with E-state index in [1.165, 1.54) is 7.11 Å². The van der Waals surface area contributed by atoms with E-state index in [1.54, 1.807) is 18.2 Å². The van der Waals surface area contributed by atoms with Gasteiger partial charge in [0.15, 0.2) is 11.5 Å². The smallest absolute Gasteiger partial charge is 0.314 e. The van der Waals surface area contributed by atoms with Crippen LogP contribution in [-0.2, 0) is 0 Å². The quantitative estimate of drug-likeness (QED) is 0.425. The normalized spacial score (nSPS) is 23.5. The number of amides is 1. The molecule has 2 unspecified atom stereocenters. The molecular formula is C26H20BrN3O4S. The maximum Gasteiger partial charge on any atom is 0.314 e. The van der Waals surface area contributed by atoms with Gasteiger partial charge in [-0.1, -0.05) is 52.3 Å². The van der Waals surface area contributed by atoms with Crippen LogP contribution in [0.15, 0.2) is 81.2 Å². The molecule has 3 aliphatic heterocycles. The van der Waals surface area contributed by atoms with E-state index in [0.29, 0.717) is 22.8 Å². The van der Waals surface area contributed by atoms with E-state index in [4.69, 9.17) is 14.6 Å². The summed E-state index contributed by atoms with van der Waals surface area (Å²) in [5, 5.41) is 19.7. The van der Waals surface area contributed by atoms with Gasteiger partial charge in [-0.15, -0.1) is 0 Å². The molecule has 0 saturated carbocycles. The third-order valence-electron chi connectivity index (χ3n) is 6.24. The Balaban J connectivity index is 1.51. The third-order valence-corrected chi connectivity index (χ3v) is 7.63. The van der Waals surface area contributed by atoms with Crippen molar-refractivity contribution in [3.63, 3.8) is 0 Å². The van der Waals surface area contributed by atoms with Crippen LogP contribution in [0.1, 0.15) is 29.2 Å². The number of carbonyl (C=O) groups excluding carboxylic acids is 1. The first-order valence-corrected chi connectivity index (χ1v) is 12.6. The van der Waals surface area contributed by atoms with Gasteiger partial charge in [0.05, 0.1) is 23.8 Å². The van der Waals surface area contributed by atoms with Crippen LogP contribution in [0.4, 0.5) is 4.79 Å². The number of halogens is 1. The number of aromatic hydroxyl groups is 1.